The number of ether oxygens (including phenoxy) is 1. The van der Waals surface area contributed by atoms with Crippen molar-refractivity contribution < 1.29 is 9.53 Å². The van der Waals surface area contributed by atoms with Gasteiger partial charge in [-0.2, -0.15) is 0 Å². The van der Waals surface area contributed by atoms with Crippen molar-refractivity contribution in [3.05, 3.63) is 53.8 Å². The van der Waals surface area contributed by atoms with Gasteiger partial charge in [-0.25, -0.2) is 9.78 Å². The minimum atomic E-state index is -0.387. The monoisotopic (exact) mass is 298 g/mol. The van der Waals surface area contributed by atoms with Crippen LogP contribution in [0, 0.1) is 6.92 Å². The molecule has 0 unspecified atom stereocenters. The Kier molecular flexibility index (Phi) is 5.59. The lowest BCUT2D eigenvalue weighted by Gasteiger charge is -2.06. The molecule has 1 N–H and O–H groups in total. The summed E-state index contributed by atoms with van der Waals surface area (Å²) in [5.74, 6) is 0.387. The van der Waals surface area contributed by atoms with E-state index < -0.39 is 0 Å². The molecule has 2 aromatic rings. The number of nitrogens with one attached hydrogen (secondary N) is 1. The summed E-state index contributed by atoms with van der Waals surface area (Å²) < 4.78 is 4.53. The summed E-state index contributed by atoms with van der Waals surface area (Å²) in [5, 5.41) is 3.23. The average Bonchev–Trinajstić information content (AvgIpc) is 2.55. The van der Waals surface area contributed by atoms with Gasteiger partial charge in [-0.1, -0.05) is 0 Å². The normalized spacial score (nSPS) is 10.6. The van der Waals surface area contributed by atoms with Crippen LogP contribution in [0.5, 0.6) is 0 Å². The summed E-state index contributed by atoms with van der Waals surface area (Å²) in [6, 6.07) is 3.74. The van der Waals surface area contributed by atoms with E-state index in [1.807, 2.05) is 19.1 Å². The van der Waals surface area contributed by atoms with Gasteiger partial charge < -0.3 is 10.1 Å². The van der Waals surface area contributed by atoms with E-state index in [0.717, 1.165) is 35.7 Å². The lowest BCUT2D eigenvalue weighted by Crippen LogP contribution is -2.08. The third-order valence-electron chi connectivity index (χ3n) is 3.05. The van der Waals surface area contributed by atoms with E-state index in [0.29, 0.717) is 0 Å². The van der Waals surface area contributed by atoms with Gasteiger partial charge in [0.2, 0.25) is 0 Å². The Bertz CT molecular complexity index is 653. The number of pyridine rings is 1. The molecule has 0 aromatic carbocycles. The number of rotatable bonds is 6. The number of hydrogen-bond acceptors (Lipinski definition) is 6. The van der Waals surface area contributed by atoms with Gasteiger partial charge in [-0.3, -0.25) is 9.97 Å². The third-order valence-corrected chi connectivity index (χ3v) is 3.05. The Morgan fingerprint density at radius 2 is 2.09 bits per heavy atom. The van der Waals surface area contributed by atoms with Gasteiger partial charge >= 0.3 is 5.97 Å². The summed E-state index contributed by atoms with van der Waals surface area (Å²) in [7, 11) is 1.34. The predicted molar refractivity (Wildman–Crippen MR) is 84.2 cm³/mol. The first-order valence-corrected chi connectivity index (χ1v) is 6.91. The highest BCUT2D eigenvalue weighted by atomic mass is 16.5. The van der Waals surface area contributed by atoms with Crippen LogP contribution < -0.4 is 5.32 Å². The van der Waals surface area contributed by atoms with Gasteiger partial charge in [0, 0.05) is 37.6 Å². The minimum Gasteiger partial charge on any atom is -0.466 e. The van der Waals surface area contributed by atoms with Crippen molar-refractivity contribution in [1.29, 1.82) is 0 Å². The number of methoxy groups -OCH3 is 1. The molecular weight excluding hydrogens is 280 g/mol. The number of hydrogen-bond donors (Lipinski definition) is 1. The molecule has 0 atom stereocenters. The summed E-state index contributed by atoms with van der Waals surface area (Å²) in [4.78, 5) is 23.8. The van der Waals surface area contributed by atoms with Crippen molar-refractivity contribution in [2.45, 2.75) is 13.3 Å². The van der Waals surface area contributed by atoms with Crippen LogP contribution in [0.1, 0.15) is 17.0 Å². The topological polar surface area (TPSA) is 77.0 Å². The number of anilines is 1. The molecule has 2 heterocycles. The van der Waals surface area contributed by atoms with Gasteiger partial charge in [0.1, 0.15) is 5.82 Å². The molecular formula is C16H18N4O2. The van der Waals surface area contributed by atoms with Crippen LogP contribution in [0.2, 0.25) is 0 Å². The molecule has 114 valence electrons. The van der Waals surface area contributed by atoms with E-state index in [-0.39, 0.29) is 5.97 Å². The zero-order chi connectivity index (χ0) is 15.8. The summed E-state index contributed by atoms with van der Waals surface area (Å²) in [6.07, 6.45) is 8.88. The van der Waals surface area contributed by atoms with E-state index in [2.05, 4.69) is 25.0 Å². The largest absolute Gasteiger partial charge is 0.466 e. The maximum absolute atomic E-state index is 11.0. The fourth-order valence-electron chi connectivity index (χ4n) is 1.83. The van der Waals surface area contributed by atoms with Gasteiger partial charge in [0.15, 0.2) is 0 Å². The quantitative estimate of drug-likeness (QED) is 0.649. The molecule has 0 spiro atoms. The van der Waals surface area contributed by atoms with Crippen molar-refractivity contribution in [3.63, 3.8) is 0 Å². The van der Waals surface area contributed by atoms with Crippen molar-refractivity contribution in [3.8, 4) is 0 Å². The van der Waals surface area contributed by atoms with E-state index in [1.165, 1.54) is 13.2 Å². The zero-order valence-corrected chi connectivity index (χ0v) is 12.6. The summed E-state index contributed by atoms with van der Waals surface area (Å²) >= 11 is 0. The molecule has 2 rings (SSSR count). The number of carbonyl (C=O) groups excluding carboxylic acids is 1. The molecule has 0 aliphatic carbocycles. The van der Waals surface area contributed by atoms with Crippen molar-refractivity contribution >= 4 is 17.9 Å². The molecule has 0 aliphatic rings. The van der Waals surface area contributed by atoms with Gasteiger partial charge in [0.05, 0.1) is 18.5 Å². The molecule has 0 amide bonds. The highest BCUT2D eigenvalue weighted by Gasteiger charge is 2.00. The molecule has 6 heteroatoms. The second kappa shape index (κ2) is 7.87. The molecule has 0 saturated carbocycles. The standard InChI is InChI=1S/C16H18N4O2/c1-12-14(18-10-9-17-12)7-8-19-15-5-3-13(11-20-15)4-6-16(21)22-2/h3-6,9-11H,7-8H2,1-2H3,(H,19,20). The lowest BCUT2D eigenvalue weighted by atomic mass is 10.2. The molecule has 0 radical (unpaired) electrons. The van der Waals surface area contributed by atoms with Crippen molar-refractivity contribution in [2.75, 3.05) is 19.0 Å². The van der Waals surface area contributed by atoms with Crippen molar-refractivity contribution in [1.82, 2.24) is 15.0 Å². The van der Waals surface area contributed by atoms with E-state index in [4.69, 9.17) is 0 Å². The van der Waals surface area contributed by atoms with Gasteiger partial charge in [-0.05, 0) is 30.7 Å². The highest BCUT2D eigenvalue weighted by molar-refractivity contribution is 5.86. The molecule has 6 nitrogen and oxygen atoms in total. The van der Waals surface area contributed by atoms with Gasteiger partial charge in [-0.15, -0.1) is 0 Å². The van der Waals surface area contributed by atoms with Crippen LogP contribution in [-0.2, 0) is 16.0 Å². The molecule has 2 aromatic heterocycles. The van der Waals surface area contributed by atoms with Crippen LogP contribution in [0.3, 0.4) is 0 Å². The SMILES string of the molecule is COC(=O)C=Cc1ccc(NCCc2nccnc2C)nc1. The second-order valence-electron chi connectivity index (χ2n) is 4.60. The van der Waals surface area contributed by atoms with E-state index >= 15 is 0 Å². The zero-order valence-electron chi connectivity index (χ0n) is 12.6. The maximum Gasteiger partial charge on any atom is 0.330 e. The fraction of sp³-hybridized carbons (Fsp3) is 0.250. The molecule has 0 fully saturated rings. The first-order chi connectivity index (χ1) is 10.7. The van der Waals surface area contributed by atoms with Gasteiger partial charge in [0.25, 0.3) is 0 Å². The van der Waals surface area contributed by atoms with E-state index in [9.17, 15) is 4.79 Å². The Labute approximate surface area is 129 Å². The number of aryl methyl sites for hydroxylation is 1. The van der Waals surface area contributed by atoms with Crippen LogP contribution >= 0.6 is 0 Å². The molecule has 0 saturated heterocycles. The number of carbonyl (C=O) groups is 1. The molecule has 22 heavy (non-hydrogen) atoms. The predicted octanol–water partition coefficient (Wildman–Crippen LogP) is 2.02. The van der Waals surface area contributed by atoms with Crippen LogP contribution in [-0.4, -0.2) is 34.6 Å². The molecule has 0 bridgehead atoms. The van der Waals surface area contributed by atoms with Crippen LogP contribution in [0.15, 0.2) is 36.8 Å². The lowest BCUT2D eigenvalue weighted by molar-refractivity contribution is -0.134. The smallest absolute Gasteiger partial charge is 0.330 e. The summed E-state index contributed by atoms with van der Waals surface area (Å²) in [6.45, 7) is 2.67. The molecule has 0 aliphatic heterocycles. The Balaban J connectivity index is 1.85. The maximum atomic E-state index is 11.0. The first-order valence-electron chi connectivity index (χ1n) is 6.91. The minimum absolute atomic E-state index is 0.387. The fourth-order valence-corrected chi connectivity index (χ4v) is 1.83. The van der Waals surface area contributed by atoms with Crippen molar-refractivity contribution in [2.24, 2.45) is 0 Å². The number of nitrogens with zero attached hydrogens (tertiary/aromatic N) is 3. The van der Waals surface area contributed by atoms with E-state index in [1.54, 1.807) is 24.7 Å². The Morgan fingerprint density at radius 3 is 2.77 bits per heavy atom. The summed E-state index contributed by atoms with van der Waals surface area (Å²) in [5.41, 5.74) is 2.76. The first kappa shape index (κ1) is 15.6. The average molecular weight is 298 g/mol. The Hall–Kier alpha value is -2.76. The highest BCUT2D eigenvalue weighted by Crippen LogP contribution is 2.07. The Morgan fingerprint density at radius 1 is 1.27 bits per heavy atom. The third kappa shape index (κ3) is 4.66. The number of aromatic nitrogens is 3. The van der Waals surface area contributed by atoms with Crippen LogP contribution in [0.25, 0.3) is 6.08 Å². The number of esters is 1. The van der Waals surface area contributed by atoms with Crippen LogP contribution in [0.4, 0.5) is 5.82 Å². The second-order valence-corrected chi connectivity index (χ2v) is 4.60.